The van der Waals surface area contributed by atoms with Gasteiger partial charge >= 0.3 is 0 Å². The number of benzene rings is 1. The predicted molar refractivity (Wildman–Crippen MR) is 117 cm³/mol. The number of nitrogens with zero attached hydrogens (tertiary/aromatic N) is 1. The zero-order valence-corrected chi connectivity index (χ0v) is 17.5. The van der Waals surface area contributed by atoms with Crippen molar-refractivity contribution in [3.8, 4) is 5.75 Å². The number of carbonyl (C=O) groups is 3. The molecule has 0 saturated carbocycles. The van der Waals surface area contributed by atoms with E-state index in [0.29, 0.717) is 22.2 Å². The number of aromatic hydroxyl groups is 1. The minimum absolute atomic E-state index is 0.0582. The van der Waals surface area contributed by atoms with E-state index in [-0.39, 0.29) is 23.6 Å². The molecular formula is C19H17N3O4S3. The number of rotatable bonds is 6. The van der Waals surface area contributed by atoms with Gasteiger partial charge in [-0.1, -0.05) is 42.2 Å². The van der Waals surface area contributed by atoms with E-state index in [2.05, 4.69) is 10.9 Å². The molecule has 1 aliphatic rings. The van der Waals surface area contributed by atoms with Crippen molar-refractivity contribution in [1.82, 2.24) is 15.8 Å². The first kappa shape index (κ1) is 21.0. The van der Waals surface area contributed by atoms with Crippen molar-refractivity contribution in [3.05, 3.63) is 57.1 Å². The summed E-state index contributed by atoms with van der Waals surface area (Å²) in [7, 11) is 0. The van der Waals surface area contributed by atoms with Gasteiger partial charge < -0.3 is 5.11 Å². The van der Waals surface area contributed by atoms with Crippen LogP contribution in [0, 0.1) is 0 Å². The number of phenolic OH excluding ortho intramolecular Hbond substituents is 1. The zero-order chi connectivity index (χ0) is 20.8. The van der Waals surface area contributed by atoms with Crippen LogP contribution in [0.3, 0.4) is 0 Å². The van der Waals surface area contributed by atoms with Crippen molar-refractivity contribution in [2.45, 2.75) is 12.8 Å². The molecule has 2 aromatic rings. The molecule has 1 fully saturated rings. The van der Waals surface area contributed by atoms with E-state index in [4.69, 9.17) is 12.2 Å². The Morgan fingerprint density at radius 2 is 1.97 bits per heavy atom. The van der Waals surface area contributed by atoms with Gasteiger partial charge in [0.1, 0.15) is 10.1 Å². The van der Waals surface area contributed by atoms with Crippen LogP contribution in [0.5, 0.6) is 5.75 Å². The number of hydrazine groups is 1. The van der Waals surface area contributed by atoms with Gasteiger partial charge in [0.05, 0.1) is 10.5 Å². The molecule has 0 aliphatic carbocycles. The second kappa shape index (κ2) is 9.68. The number of phenols is 1. The zero-order valence-electron chi connectivity index (χ0n) is 15.1. The van der Waals surface area contributed by atoms with Crippen molar-refractivity contribution < 1.29 is 19.5 Å². The Morgan fingerprint density at radius 1 is 1.17 bits per heavy atom. The summed E-state index contributed by atoms with van der Waals surface area (Å²) in [6, 6.07) is 9.85. The molecule has 1 aromatic heterocycles. The van der Waals surface area contributed by atoms with Crippen molar-refractivity contribution in [3.63, 3.8) is 0 Å². The number of hydrogen-bond acceptors (Lipinski definition) is 7. The summed E-state index contributed by atoms with van der Waals surface area (Å²) in [5, 5.41) is 11.6. The highest BCUT2D eigenvalue weighted by atomic mass is 32.2. The van der Waals surface area contributed by atoms with Gasteiger partial charge in [0.25, 0.3) is 11.8 Å². The molecule has 7 nitrogen and oxygen atoms in total. The molecule has 0 atom stereocenters. The normalized spacial score (nSPS) is 15.0. The Bertz CT molecular complexity index is 973. The lowest BCUT2D eigenvalue weighted by Crippen LogP contribution is -2.42. The number of carbonyl (C=O) groups excluding carboxylic acids is 3. The van der Waals surface area contributed by atoms with Crippen LogP contribution in [0.1, 0.15) is 28.1 Å². The third kappa shape index (κ3) is 5.43. The molecule has 0 radical (unpaired) electrons. The molecule has 0 bridgehead atoms. The van der Waals surface area contributed by atoms with Crippen LogP contribution in [0.15, 0.2) is 46.7 Å². The highest BCUT2D eigenvalue weighted by Gasteiger charge is 2.31. The Hall–Kier alpha value is -2.69. The Morgan fingerprint density at radius 3 is 2.69 bits per heavy atom. The highest BCUT2D eigenvalue weighted by molar-refractivity contribution is 8.26. The maximum Gasteiger partial charge on any atom is 0.273 e. The summed E-state index contributed by atoms with van der Waals surface area (Å²) < 4.78 is 0.464. The summed E-state index contributed by atoms with van der Waals surface area (Å²) in [5.74, 6) is -1.37. The van der Waals surface area contributed by atoms with Gasteiger partial charge in [-0.05, 0) is 36.1 Å². The third-order valence-corrected chi connectivity index (χ3v) is 6.14. The average molecular weight is 448 g/mol. The molecule has 29 heavy (non-hydrogen) atoms. The molecular weight excluding hydrogens is 430 g/mol. The Labute approximate surface area is 180 Å². The molecule has 1 aromatic carbocycles. The molecule has 10 heteroatoms. The molecule has 2 heterocycles. The molecule has 0 spiro atoms. The monoisotopic (exact) mass is 447 g/mol. The highest BCUT2D eigenvalue weighted by Crippen LogP contribution is 2.33. The standard InChI is InChI=1S/C19H17N3O4S3/c23-14-7-2-1-6-13(14)17(25)21-20-16(24)8-3-9-22-18(26)15(29-19(22)27)11-12-5-4-10-28-12/h1-2,4-7,10-11,23H,3,8-9H2,(H,20,24)(H,21,25)/b15-11+. The van der Waals surface area contributed by atoms with Gasteiger partial charge in [-0.2, -0.15) is 0 Å². The van der Waals surface area contributed by atoms with E-state index in [1.165, 1.54) is 40.1 Å². The summed E-state index contributed by atoms with van der Waals surface area (Å²) in [6.07, 6.45) is 2.30. The Balaban J connectivity index is 1.44. The summed E-state index contributed by atoms with van der Waals surface area (Å²) >= 11 is 8.05. The molecule has 1 saturated heterocycles. The van der Waals surface area contributed by atoms with Crippen molar-refractivity contribution in [1.29, 1.82) is 0 Å². The summed E-state index contributed by atoms with van der Waals surface area (Å²) in [5.41, 5.74) is 4.60. The average Bonchev–Trinajstić information content (AvgIpc) is 3.30. The minimum Gasteiger partial charge on any atom is -0.507 e. The van der Waals surface area contributed by atoms with E-state index in [0.717, 1.165) is 4.88 Å². The first-order valence-corrected chi connectivity index (χ1v) is 10.7. The van der Waals surface area contributed by atoms with Crippen LogP contribution in [0.2, 0.25) is 0 Å². The number of para-hydroxylation sites is 1. The van der Waals surface area contributed by atoms with Crippen molar-refractivity contribution in [2.24, 2.45) is 0 Å². The fourth-order valence-corrected chi connectivity index (χ4v) is 4.55. The van der Waals surface area contributed by atoms with Crippen LogP contribution < -0.4 is 10.9 Å². The first-order valence-electron chi connectivity index (χ1n) is 8.62. The van der Waals surface area contributed by atoms with E-state index >= 15 is 0 Å². The fourth-order valence-electron chi connectivity index (χ4n) is 2.52. The van der Waals surface area contributed by atoms with Gasteiger partial charge in [0.2, 0.25) is 5.91 Å². The minimum atomic E-state index is -0.618. The van der Waals surface area contributed by atoms with E-state index in [1.54, 1.807) is 12.1 Å². The quantitative estimate of drug-likeness (QED) is 0.358. The van der Waals surface area contributed by atoms with Gasteiger partial charge in [-0.25, -0.2) is 0 Å². The second-order valence-electron chi connectivity index (χ2n) is 5.97. The lowest BCUT2D eigenvalue weighted by Gasteiger charge is -2.14. The fraction of sp³-hybridized carbons (Fsp3) is 0.158. The topological polar surface area (TPSA) is 98.7 Å². The molecule has 3 amide bonds. The van der Waals surface area contributed by atoms with Crippen LogP contribution in [-0.2, 0) is 9.59 Å². The van der Waals surface area contributed by atoms with E-state index in [9.17, 15) is 19.5 Å². The predicted octanol–water partition coefficient (Wildman–Crippen LogP) is 2.90. The van der Waals surface area contributed by atoms with Crippen LogP contribution in [-0.4, -0.2) is 38.6 Å². The molecule has 0 unspecified atom stereocenters. The summed E-state index contributed by atoms with van der Waals surface area (Å²) in [4.78, 5) is 39.4. The number of amides is 3. The van der Waals surface area contributed by atoms with Gasteiger partial charge in [-0.3, -0.25) is 30.1 Å². The lowest BCUT2D eigenvalue weighted by atomic mass is 10.2. The van der Waals surface area contributed by atoms with Gasteiger partial charge in [-0.15, -0.1) is 11.3 Å². The second-order valence-corrected chi connectivity index (χ2v) is 8.63. The van der Waals surface area contributed by atoms with Gasteiger partial charge in [0.15, 0.2) is 0 Å². The molecule has 1 aliphatic heterocycles. The SMILES string of the molecule is O=C(CCCN1C(=O)/C(=C\c2cccs2)SC1=S)NNC(=O)c1ccccc1O. The maximum atomic E-state index is 12.5. The van der Waals surface area contributed by atoms with Crippen molar-refractivity contribution >= 4 is 63.4 Å². The van der Waals surface area contributed by atoms with E-state index < -0.39 is 11.8 Å². The molecule has 150 valence electrons. The first-order chi connectivity index (χ1) is 14.0. The van der Waals surface area contributed by atoms with Crippen molar-refractivity contribution in [2.75, 3.05) is 6.54 Å². The van der Waals surface area contributed by atoms with Crippen LogP contribution in [0.25, 0.3) is 6.08 Å². The summed E-state index contributed by atoms with van der Waals surface area (Å²) in [6.45, 7) is 0.313. The maximum absolute atomic E-state index is 12.5. The third-order valence-electron chi connectivity index (χ3n) is 3.94. The largest absolute Gasteiger partial charge is 0.507 e. The number of hydrogen-bond donors (Lipinski definition) is 3. The molecule has 3 N–H and O–H groups in total. The Kier molecular flexibility index (Phi) is 7.02. The van der Waals surface area contributed by atoms with Crippen LogP contribution in [0.4, 0.5) is 0 Å². The van der Waals surface area contributed by atoms with E-state index in [1.807, 2.05) is 23.6 Å². The smallest absolute Gasteiger partial charge is 0.273 e. The number of thioether (sulfide) groups is 1. The lowest BCUT2D eigenvalue weighted by molar-refractivity contribution is -0.124. The number of thiophene rings is 1. The number of thiocarbonyl (C=S) groups is 1. The molecule has 3 rings (SSSR count). The van der Waals surface area contributed by atoms with Crippen LogP contribution >= 0.6 is 35.3 Å². The number of nitrogens with one attached hydrogen (secondary N) is 2. The van der Waals surface area contributed by atoms with Gasteiger partial charge in [0, 0.05) is 17.8 Å².